The molecule has 0 bridgehead atoms. The van der Waals surface area contributed by atoms with Crippen molar-refractivity contribution in [1.29, 1.82) is 0 Å². The minimum Gasteiger partial charge on any atom is -0.384 e. The van der Waals surface area contributed by atoms with Crippen LogP contribution in [0.25, 0.3) is 0 Å². The van der Waals surface area contributed by atoms with Gasteiger partial charge in [-0.3, -0.25) is 0 Å². The van der Waals surface area contributed by atoms with E-state index in [-0.39, 0.29) is 18.6 Å². The van der Waals surface area contributed by atoms with Crippen molar-refractivity contribution in [2.24, 2.45) is 5.92 Å². The Morgan fingerprint density at radius 2 is 2.05 bits per heavy atom. The lowest BCUT2D eigenvalue weighted by molar-refractivity contribution is 0.0592. The molecule has 4 heteroatoms. The molecule has 0 radical (unpaired) electrons. The van der Waals surface area contributed by atoms with Gasteiger partial charge in [-0.25, -0.2) is 4.79 Å². The molecule has 1 aliphatic carbocycles. The summed E-state index contributed by atoms with van der Waals surface area (Å²) in [5.74, 6) is 0.537. The van der Waals surface area contributed by atoms with Gasteiger partial charge in [-0.05, 0) is 31.2 Å². The summed E-state index contributed by atoms with van der Waals surface area (Å²) in [6.45, 7) is 4.07. The third-order valence-electron chi connectivity index (χ3n) is 4.17. The number of aliphatic hydroxyl groups is 1. The number of hydrogen-bond acceptors (Lipinski definition) is 2. The number of carbonyl (C=O) groups is 1. The number of hydrogen-bond donors (Lipinski definition) is 3. The van der Waals surface area contributed by atoms with Crippen LogP contribution in [0.3, 0.4) is 0 Å². The Kier molecular flexibility index (Phi) is 4.65. The Balaban J connectivity index is 1.83. The van der Waals surface area contributed by atoms with Crippen molar-refractivity contribution in [2.75, 3.05) is 6.54 Å². The predicted molar refractivity (Wildman–Crippen MR) is 79.4 cm³/mol. The van der Waals surface area contributed by atoms with Crippen molar-refractivity contribution >= 4 is 6.03 Å². The maximum absolute atomic E-state index is 11.9. The summed E-state index contributed by atoms with van der Waals surface area (Å²) in [5.41, 5.74) is -0.255. The Bertz CT molecular complexity index is 445. The molecule has 0 aliphatic heterocycles. The van der Waals surface area contributed by atoms with Gasteiger partial charge in [0.05, 0.1) is 6.54 Å². The fourth-order valence-corrected chi connectivity index (χ4v) is 2.73. The van der Waals surface area contributed by atoms with Crippen molar-refractivity contribution in [3.05, 3.63) is 35.9 Å². The summed E-state index contributed by atoms with van der Waals surface area (Å²) in [6, 6.07) is 9.45. The zero-order chi connectivity index (χ0) is 14.6. The number of rotatable bonds is 4. The van der Waals surface area contributed by atoms with Crippen LogP contribution in [-0.4, -0.2) is 23.7 Å². The summed E-state index contributed by atoms with van der Waals surface area (Å²) in [7, 11) is 0. The van der Waals surface area contributed by atoms with Crippen LogP contribution in [0.1, 0.15) is 38.7 Å². The number of urea groups is 1. The molecule has 1 aliphatic rings. The Labute approximate surface area is 120 Å². The topological polar surface area (TPSA) is 61.4 Å². The summed E-state index contributed by atoms with van der Waals surface area (Å²) in [4.78, 5) is 11.9. The molecule has 1 fully saturated rings. The number of nitrogens with one attached hydrogen (secondary N) is 2. The summed E-state index contributed by atoms with van der Waals surface area (Å²) in [6.07, 6.45) is 3.39. The van der Waals surface area contributed by atoms with Crippen molar-refractivity contribution in [1.82, 2.24) is 10.6 Å². The van der Waals surface area contributed by atoms with E-state index < -0.39 is 5.60 Å². The first-order chi connectivity index (χ1) is 9.49. The molecule has 0 saturated heterocycles. The third-order valence-corrected chi connectivity index (χ3v) is 4.17. The van der Waals surface area contributed by atoms with Crippen molar-refractivity contribution in [2.45, 2.75) is 44.8 Å². The molecule has 2 rings (SSSR count). The van der Waals surface area contributed by atoms with E-state index in [1.807, 2.05) is 30.3 Å². The maximum Gasteiger partial charge on any atom is 0.315 e. The van der Waals surface area contributed by atoms with E-state index in [9.17, 15) is 9.90 Å². The highest BCUT2D eigenvalue weighted by atomic mass is 16.3. The summed E-state index contributed by atoms with van der Waals surface area (Å²) >= 11 is 0. The molecule has 3 atom stereocenters. The van der Waals surface area contributed by atoms with E-state index >= 15 is 0 Å². The van der Waals surface area contributed by atoms with E-state index in [0.717, 1.165) is 12.0 Å². The number of carbonyl (C=O) groups excluding carboxylic acids is 1. The van der Waals surface area contributed by atoms with Crippen LogP contribution in [0, 0.1) is 5.92 Å². The normalized spacial score (nSPS) is 24.9. The molecule has 0 aromatic heterocycles. The first-order valence-corrected chi connectivity index (χ1v) is 7.31. The molecular weight excluding hydrogens is 252 g/mol. The quantitative estimate of drug-likeness (QED) is 0.790. The van der Waals surface area contributed by atoms with E-state index in [0.29, 0.717) is 5.92 Å². The van der Waals surface area contributed by atoms with E-state index in [4.69, 9.17) is 0 Å². The SMILES string of the molecule is C[C@H]1CCC[C@@H]1NC(=O)NC[C@@](C)(O)c1ccccc1. The van der Waals surface area contributed by atoms with Gasteiger partial charge in [0.2, 0.25) is 0 Å². The van der Waals surface area contributed by atoms with Gasteiger partial charge >= 0.3 is 6.03 Å². The lowest BCUT2D eigenvalue weighted by atomic mass is 9.96. The van der Waals surface area contributed by atoms with Crippen molar-refractivity contribution < 1.29 is 9.90 Å². The van der Waals surface area contributed by atoms with Gasteiger partial charge in [0.1, 0.15) is 5.60 Å². The van der Waals surface area contributed by atoms with Gasteiger partial charge in [-0.2, -0.15) is 0 Å². The maximum atomic E-state index is 11.9. The van der Waals surface area contributed by atoms with Gasteiger partial charge in [0.15, 0.2) is 0 Å². The monoisotopic (exact) mass is 276 g/mol. The molecule has 0 heterocycles. The van der Waals surface area contributed by atoms with Gasteiger partial charge in [-0.1, -0.05) is 43.7 Å². The van der Waals surface area contributed by atoms with Gasteiger partial charge in [-0.15, -0.1) is 0 Å². The third kappa shape index (κ3) is 3.73. The molecule has 0 unspecified atom stereocenters. The van der Waals surface area contributed by atoms with Crippen LogP contribution in [0.5, 0.6) is 0 Å². The summed E-state index contributed by atoms with van der Waals surface area (Å²) < 4.78 is 0. The lowest BCUT2D eigenvalue weighted by Gasteiger charge is -2.25. The minimum absolute atomic E-state index is 0.194. The van der Waals surface area contributed by atoms with Crippen LogP contribution in [0.15, 0.2) is 30.3 Å². The Morgan fingerprint density at radius 3 is 2.65 bits per heavy atom. The molecule has 20 heavy (non-hydrogen) atoms. The zero-order valence-corrected chi connectivity index (χ0v) is 12.2. The average molecular weight is 276 g/mol. The molecular formula is C16H24N2O2. The minimum atomic E-state index is -1.06. The van der Waals surface area contributed by atoms with Crippen molar-refractivity contribution in [3.63, 3.8) is 0 Å². The van der Waals surface area contributed by atoms with E-state index in [1.165, 1.54) is 12.8 Å². The predicted octanol–water partition coefficient (Wildman–Crippen LogP) is 2.38. The molecule has 0 spiro atoms. The van der Waals surface area contributed by atoms with Crippen LogP contribution in [0.4, 0.5) is 4.79 Å². The average Bonchev–Trinajstić information content (AvgIpc) is 2.83. The summed E-state index contributed by atoms with van der Waals surface area (Å²) in [5, 5.41) is 16.2. The highest BCUT2D eigenvalue weighted by Gasteiger charge is 2.27. The van der Waals surface area contributed by atoms with Crippen LogP contribution < -0.4 is 10.6 Å². The Hall–Kier alpha value is -1.55. The fourth-order valence-electron chi connectivity index (χ4n) is 2.73. The first kappa shape index (κ1) is 14.9. The smallest absolute Gasteiger partial charge is 0.315 e. The number of amides is 2. The molecule has 4 nitrogen and oxygen atoms in total. The standard InChI is InChI=1S/C16H24N2O2/c1-12-7-6-10-14(12)18-15(19)17-11-16(2,20)13-8-4-3-5-9-13/h3-5,8-9,12,14,20H,6-7,10-11H2,1-2H3,(H2,17,18,19)/t12-,14-,16+/m0/s1. The van der Waals surface area contributed by atoms with Gasteiger partial charge in [0, 0.05) is 6.04 Å². The second kappa shape index (κ2) is 6.27. The molecule has 3 N–H and O–H groups in total. The van der Waals surface area contributed by atoms with Crippen molar-refractivity contribution in [3.8, 4) is 0 Å². The molecule has 2 amide bonds. The molecule has 1 aromatic carbocycles. The van der Waals surface area contributed by atoms with E-state index in [2.05, 4.69) is 17.6 Å². The second-order valence-electron chi connectivity index (χ2n) is 5.98. The highest BCUT2D eigenvalue weighted by molar-refractivity contribution is 5.74. The van der Waals surface area contributed by atoms with Gasteiger partial charge in [0.25, 0.3) is 0 Å². The molecule has 1 aromatic rings. The lowest BCUT2D eigenvalue weighted by Crippen LogP contribution is -2.47. The zero-order valence-electron chi connectivity index (χ0n) is 12.2. The van der Waals surface area contributed by atoms with Gasteiger partial charge < -0.3 is 15.7 Å². The molecule has 110 valence electrons. The highest BCUT2D eigenvalue weighted by Crippen LogP contribution is 2.24. The first-order valence-electron chi connectivity index (χ1n) is 7.31. The van der Waals surface area contributed by atoms with Crippen LogP contribution >= 0.6 is 0 Å². The van der Waals surface area contributed by atoms with Crippen LogP contribution in [-0.2, 0) is 5.60 Å². The largest absolute Gasteiger partial charge is 0.384 e. The molecule has 1 saturated carbocycles. The second-order valence-corrected chi connectivity index (χ2v) is 5.98. The fraction of sp³-hybridized carbons (Fsp3) is 0.562. The number of benzene rings is 1. The van der Waals surface area contributed by atoms with Crippen LogP contribution in [0.2, 0.25) is 0 Å². The van der Waals surface area contributed by atoms with E-state index in [1.54, 1.807) is 6.92 Å². The Morgan fingerprint density at radius 1 is 1.35 bits per heavy atom.